The molecule has 0 atom stereocenters. The van der Waals surface area contributed by atoms with E-state index in [1.165, 1.54) is 25.2 Å². The van der Waals surface area contributed by atoms with E-state index in [9.17, 15) is 0 Å². The van der Waals surface area contributed by atoms with Crippen LogP contribution in [0, 0.1) is 0 Å². The van der Waals surface area contributed by atoms with Gasteiger partial charge in [0.05, 0.1) is 7.11 Å². The third-order valence-corrected chi connectivity index (χ3v) is 2.90. The van der Waals surface area contributed by atoms with Crippen LogP contribution in [0.2, 0.25) is 0 Å². The van der Waals surface area contributed by atoms with Gasteiger partial charge in [0.2, 0.25) is 0 Å². The number of aryl methyl sites for hydroxylation is 1. The molecule has 2 aromatic rings. The van der Waals surface area contributed by atoms with Gasteiger partial charge in [0.1, 0.15) is 12.7 Å². The van der Waals surface area contributed by atoms with Gasteiger partial charge in [-0.05, 0) is 11.8 Å². The highest BCUT2D eigenvalue weighted by Crippen LogP contribution is 2.33. The summed E-state index contributed by atoms with van der Waals surface area (Å²) in [4.78, 5) is 7.94. The highest BCUT2D eigenvalue weighted by Gasteiger charge is 2.13. The van der Waals surface area contributed by atoms with Crippen molar-refractivity contribution in [2.45, 2.75) is 10.2 Å². The largest absolute Gasteiger partial charge is 0.490 e. The van der Waals surface area contributed by atoms with E-state index >= 15 is 0 Å². The molecular weight excluding hydrogens is 228 g/mol. The second-order valence-corrected chi connectivity index (χ2v) is 3.88. The average molecular weight is 238 g/mol. The SMILES string of the molecule is COc1c(N)ncnc1Sc1nncn1C. The zero-order valence-electron chi connectivity index (χ0n) is 8.78. The fraction of sp³-hybridized carbons (Fsp3) is 0.250. The molecule has 0 fully saturated rings. The van der Waals surface area contributed by atoms with Crippen LogP contribution in [-0.4, -0.2) is 31.8 Å². The van der Waals surface area contributed by atoms with Crippen LogP contribution in [0.3, 0.4) is 0 Å². The second-order valence-electron chi connectivity index (χ2n) is 2.92. The maximum Gasteiger partial charge on any atom is 0.197 e. The Bertz CT molecular complexity index is 499. The first kappa shape index (κ1) is 10.7. The van der Waals surface area contributed by atoms with Gasteiger partial charge in [-0.3, -0.25) is 0 Å². The van der Waals surface area contributed by atoms with Crippen LogP contribution in [0.25, 0.3) is 0 Å². The molecule has 0 saturated heterocycles. The fourth-order valence-corrected chi connectivity index (χ4v) is 1.92. The predicted molar refractivity (Wildman–Crippen MR) is 58.1 cm³/mol. The predicted octanol–water partition coefficient (Wildman–Crippen LogP) is 0.347. The summed E-state index contributed by atoms with van der Waals surface area (Å²) in [5.41, 5.74) is 5.67. The number of hydrogen-bond acceptors (Lipinski definition) is 7. The maximum atomic E-state index is 5.67. The van der Waals surface area contributed by atoms with Gasteiger partial charge in [-0.15, -0.1) is 10.2 Å². The van der Waals surface area contributed by atoms with Gasteiger partial charge in [0.15, 0.2) is 21.7 Å². The van der Waals surface area contributed by atoms with Crippen LogP contribution >= 0.6 is 11.8 Å². The van der Waals surface area contributed by atoms with E-state index in [0.29, 0.717) is 21.7 Å². The number of nitrogens with two attached hydrogens (primary N) is 1. The number of nitrogen functional groups attached to an aromatic ring is 1. The lowest BCUT2D eigenvalue weighted by Crippen LogP contribution is -1.99. The third kappa shape index (κ3) is 1.91. The number of ether oxygens (including phenoxy) is 1. The molecule has 7 nitrogen and oxygen atoms in total. The molecule has 0 unspecified atom stereocenters. The van der Waals surface area contributed by atoms with Crippen LogP contribution in [0.15, 0.2) is 22.8 Å². The van der Waals surface area contributed by atoms with Crippen molar-refractivity contribution in [3.63, 3.8) is 0 Å². The molecule has 0 aliphatic heterocycles. The summed E-state index contributed by atoms with van der Waals surface area (Å²) in [5, 5.41) is 9.03. The molecule has 0 aromatic carbocycles. The topological polar surface area (TPSA) is 91.7 Å². The number of anilines is 1. The lowest BCUT2D eigenvalue weighted by molar-refractivity contribution is 0.401. The van der Waals surface area contributed by atoms with E-state index < -0.39 is 0 Å². The Morgan fingerprint density at radius 3 is 2.88 bits per heavy atom. The summed E-state index contributed by atoms with van der Waals surface area (Å²) in [6.45, 7) is 0. The zero-order chi connectivity index (χ0) is 11.5. The maximum absolute atomic E-state index is 5.67. The Morgan fingerprint density at radius 2 is 2.25 bits per heavy atom. The molecule has 2 N–H and O–H groups in total. The molecule has 2 heterocycles. The van der Waals surface area contributed by atoms with Crippen LogP contribution in [-0.2, 0) is 7.05 Å². The van der Waals surface area contributed by atoms with Crippen LogP contribution in [0.4, 0.5) is 5.82 Å². The minimum absolute atomic E-state index is 0.308. The second kappa shape index (κ2) is 4.35. The summed E-state index contributed by atoms with van der Waals surface area (Å²) in [7, 11) is 3.37. The van der Waals surface area contributed by atoms with E-state index in [0.717, 1.165) is 0 Å². The van der Waals surface area contributed by atoms with Gasteiger partial charge < -0.3 is 15.0 Å². The molecule has 8 heteroatoms. The standard InChI is InChI=1S/C8H10N6OS/c1-14-4-12-13-8(14)16-7-5(15-2)6(9)10-3-11-7/h3-4H,1-2H3,(H2,9,10,11). The molecule has 0 aliphatic carbocycles. The molecule has 0 amide bonds. The van der Waals surface area contributed by atoms with Gasteiger partial charge in [-0.25, -0.2) is 9.97 Å². The van der Waals surface area contributed by atoms with Gasteiger partial charge >= 0.3 is 0 Å². The van der Waals surface area contributed by atoms with Gasteiger partial charge in [-0.1, -0.05) is 0 Å². The number of aromatic nitrogens is 5. The highest BCUT2D eigenvalue weighted by molar-refractivity contribution is 7.99. The van der Waals surface area contributed by atoms with Gasteiger partial charge in [0.25, 0.3) is 0 Å². The van der Waals surface area contributed by atoms with Crippen molar-refractivity contribution in [2.75, 3.05) is 12.8 Å². The van der Waals surface area contributed by atoms with Crippen LogP contribution in [0.5, 0.6) is 5.75 Å². The smallest absolute Gasteiger partial charge is 0.197 e. The van der Waals surface area contributed by atoms with Crippen LogP contribution < -0.4 is 10.5 Å². The molecule has 0 radical (unpaired) electrons. The zero-order valence-corrected chi connectivity index (χ0v) is 9.60. The van der Waals surface area contributed by atoms with Crippen molar-refractivity contribution < 1.29 is 4.74 Å². The molecule has 0 bridgehead atoms. The van der Waals surface area contributed by atoms with Crippen molar-refractivity contribution in [1.29, 1.82) is 0 Å². The fourth-order valence-electron chi connectivity index (χ4n) is 1.09. The lowest BCUT2D eigenvalue weighted by Gasteiger charge is -2.07. The Hall–Kier alpha value is -1.83. The van der Waals surface area contributed by atoms with E-state index in [-0.39, 0.29) is 0 Å². The Kier molecular flexibility index (Phi) is 2.91. The summed E-state index contributed by atoms with van der Waals surface area (Å²) >= 11 is 1.32. The highest BCUT2D eigenvalue weighted by atomic mass is 32.2. The molecular formula is C8H10N6OS. The summed E-state index contributed by atoms with van der Waals surface area (Å²) < 4.78 is 6.92. The molecule has 0 aliphatic rings. The monoisotopic (exact) mass is 238 g/mol. The van der Waals surface area contributed by atoms with Crippen LogP contribution in [0.1, 0.15) is 0 Å². The van der Waals surface area contributed by atoms with Gasteiger partial charge in [0, 0.05) is 7.05 Å². The number of methoxy groups -OCH3 is 1. The summed E-state index contributed by atoms with van der Waals surface area (Å²) in [5.74, 6) is 0.762. The van der Waals surface area contributed by atoms with Crippen molar-refractivity contribution in [3.8, 4) is 5.75 Å². The van der Waals surface area contributed by atoms with E-state index in [1.807, 2.05) is 7.05 Å². The third-order valence-electron chi connectivity index (χ3n) is 1.86. The Morgan fingerprint density at radius 1 is 1.44 bits per heavy atom. The molecule has 0 saturated carbocycles. The molecule has 2 rings (SSSR count). The van der Waals surface area contributed by atoms with Crippen molar-refractivity contribution in [1.82, 2.24) is 24.7 Å². The van der Waals surface area contributed by atoms with E-state index in [2.05, 4.69) is 20.2 Å². The van der Waals surface area contributed by atoms with E-state index in [4.69, 9.17) is 10.5 Å². The first-order valence-electron chi connectivity index (χ1n) is 4.38. The summed E-state index contributed by atoms with van der Waals surface area (Å²) in [6, 6.07) is 0. The minimum Gasteiger partial charge on any atom is -0.490 e. The van der Waals surface area contributed by atoms with E-state index in [1.54, 1.807) is 10.9 Å². The Balaban J connectivity index is 2.35. The molecule has 2 aromatic heterocycles. The quantitative estimate of drug-likeness (QED) is 0.771. The number of rotatable bonds is 3. The molecule has 84 valence electrons. The number of hydrogen-bond donors (Lipinski definition) is 1. The van der Waals surface area contributed by atoms with Crippen molar-refractivity contribution in [3.05, 3.63) is 12.7 Å². The summed E-state index contributed by atoms with van der Waals surface area (Å²) in [6.07, 6.45) is 3.00. The number of nitrogens with zero attached hydrogens (tertiary/aromatic N) is 5. The van der Waals surface area contributed by atoms with Gasteiger partial charge in [-0.2, -0.15) is 0 Å². The first-order chi connectivity index (χ1) is 7.72. The Labute approximate surface area is 96.1 Å². The lowest BCUT2D eigenvalue weighted by atomic mass is 10.5. The van der Waals surface area contributed by atoms with Crippen molar-refractivity contribution in [2.24, 2.45) is 7.05 Å². The molecule has 16 heavy (non-hydrogen) atoms. The normalized spacial score (nSPS) is 10.4. The van der Waals surface area contributed by atoms with Crippen molar-refractivity contribution >= 4 is 17.6 Å². The first-order valence-corrected chi connectivity index (χ1v) is 5.20. The molecule has 0 spiro atoms. The average Bonchev–Trinajstić information content (AvgIpc) is 2.65. The minimum atomic E-state index is 0.308.